The molecule has 0 radical (unpaired) electrons. The fourth-order valence-corrected chi connectivity index (χ4v) is 2.47. The van der Waals surface area contributed by atoms with Crippen molar-refractivity contribution >= 4 is 11.9 Å². The van der Waals surface area contributed by atoms with Crippen LogP contribution in [0.25, 0.3) is 0 Å². The molecule has 1 unspecified atom stereocenters. The second-order valence-corrected chi connectivity index (χ2v) is 5.27. The molecule has 7 nitrogen and oxygen atoms in total. The zero-order valence-electron chi connectivity index (χ0n) is 12.5. The van der Waals surface area contributed by atoms with Gasteiger partial charge in [-0.3, -0.25) is 4.90 Å². The summed E-state index contributed by atoms with van der Waals surface area (Å²) in [5.74, 6) is 0.660. The van der Waals surface area contributed by atoms with Gasteiger partial charge in [-0.25, -0.2) is 0 Å². The van der Waals surface area contributed by atoms with Crippen LogP contribution in [0.5, 0.6) is 6.01 Å². The van der Waals surface area contributed by atoms with Gasteiger partial charge in [0.25, 0.3) is 0 Å². The Morgan fingerprint density at radius 2 is 2.20 bits per heavy atom. The van der Waals surface area contributed by atoms with Gasteiger partial charge in [0.05, 0.1) is 6.10 Å². The molecule has 2 rings (SSSR count). The van der Waals surface area contributed by atoms with Crippen LogP contribution in [-0.4, -0.2) is 51.6 Å². The topological polar surface area (TPSA) is 89.2 Å². The third-order valence-corrected chi connectivity index (χ3v) is 3.37. The minimum absolute atomic E-state index is 0.00932. The van der Waals surface area contributed by atoms with Gasteiger partial charge >= 0.3 is 6.01 Å². The normalized spacial score (nSPS) is 19.5. The molecular formula is C13H24N6O. The minimum Gasteiger partial charge on any atom is -0.461 e. The molecule has 3 N–H and O–H groups in total. The molecule has 1 atom stereocenters. The van der Waals surface area contributed by atoms with Crippen LogP contribution in [0.3, 0.4) is 0 Å². The highest BCUT2D eigenvalue weighted by molar-refractivity contribution is 5.32. The number of nitrogens with two attached hydrogens (primary N) is 1. The zero-order valence-corrected chi connectivity index (χ0v) is 12.5. The highest BCUT2D eigenvalue weighted by atomic mass is 16.5. The molecule has 1 aliphatic heterocycles. The first-order chi connectivity index (χ1) is 9.58. The molecule has 1 fully saturated rings. The van der Waals surface area contributed by atoms with Crippen molar-refractivity contribution in [3.8, 4) is 6.01 Å². The first-order valence-corrected chi connectivity index (χ1v) is 7.24. The smallest absolute Gasteiger partial charge is 0.323 e. The maximum Gasteiger partial charge on any atom is 0.323 e. The highest BCUT2D eigenvalue weighted by Crippen LogP contribution is 2.17. The Bertz CT molecular complexity index is 439. The lowest BCUT2D eigenvalue weighted by atomic mass is 10.2. The van der Waals surface area contributed by atoms with E-state index in [9.17, 15) is 0 Å². The van der Waals surface area contributed by atoms with Crippen LogP contribution in [0.4, 0.5) is 11.9 Å². The number of nitrogens with zero attached hydrogens (tertiary/aromatic N) is 4. The molecule has 112 valence electrons. The maximum atomic E-state index is 5.68. The van der Waals surface area contributed by atoms with Crippen LogP contribution < -0.4 is 15.8 Å². The summed E-state index contributed by atoms with van der Waals surface area (Å²) in [6.45, 7) is 9.10. The van der Waals surface area contributed by atoms with Crippen molar-refractivity contribution in [3.63, 3.8) is 0 Å². The Labute approximate surface area is 119 Å². The van der Waals surface area contributed by atoms with Crippen molar-refractivity contribution in [1.82, 2.24) is 19.9 Å². The van der Waals surface area contributed by atoms with Crippen molar-refractivity contribution < 1.29 is 4.74 Å². The zero-order chi connectivity index (χ0) is 14.5. The average molecular weight is 280 g/mol. The van der Waals surface area contributed by atoms with Gasteiger partial charge in [-0.2, -0.15) is 15.0 Å². The third kappa shape index (κ3) is 3.93. The predicted molar refractivity (Wildman–Crippen MR) is 78.8 cm³/mol. The fraction of sp³-hybridized carbons (Fsp3) is 0.769. The van der Waals surface area contributed by atoms with E-state index in [2.05, 4.69) is 32.1 Å². The van der Waals surface area contributed by atoms with Gasteiger partial charge in [-0.1, -0.05) is 6.92 Å². The number of likely N-dealkylation sites (tertiary alicyclic amines) is 1. The van der Waals surface area contributed by atoms with Crippen molar-refractivity contribution in [2.75, 3.05) is 30.7 Å². The molecule has 0 amide bonds. The monoisotopic (exact) mass is 280 g/mol. The van der Waals surface area contributed by atoms with E-state index < -0.39 is 0 Å². The molecule has 0 bridgehead atoms. The third-order valence-electron chi connectivity index (χ3n) is 3.37. The molecule has 7 heteroatoms. The second-order valence-electron chi connectivity index (χ2n) is 5.27. The Morgan fingerprint density at radius 3 is 2.90 bits per heavy atom. The quantitative estimate of drug-likeness (QED) is 0.807. The lowest BCUT2D eigenvalue weighted by Crippen LogP contribution is -2.35. The number of nitrogen functional groups attached to an aromatic ring is 1. The van der Waals surface area contributed by atoms with E-state index in [4.69, 9.17) is 10.5 Å². The van der Waals surface area contributed by atoms with E-state index in [0.717, 1.165) is 13.1 Å². The first-order valence-electron chi connectivity index (χ1n) is 7.24. The second kappa shape index (κ2) is 6.69. The lowest BCUT2D eigenvalue weighted by Gasteiger charge is -2.22. The number of ether oxygens (including phenoxy) is 1. The number of aromatic nitrogens is 3. The summed E-state index contributed by atoms with van der Waals surface area (Å²) < 4.78 is 5.46. The summed E-state index contributed by atoms with van der Waals surface area (Å²) in [5.41, 5.74) is 5.68. The molecule has 1 aromatic heterocycles. The number of hydrogen-bond acceptors (Lipinski definition) is 7. The maximum absolute atomic E-state index is 5.68. The summed E-state index contributed by atoms with van der Waals surface area (Å²) in [7, 11) is 0. The van der Waals surface area contributed by atoms with Gasteiger partial charge in [0.15, 0.2) is 0 Å². The Hall–Kier alpha value is -1.63. The fourth-order valence-electron chi connectivity index (χ4n) is 2.47. The summed E-state index contributed by atoms with van der Waals surface area (Å²) in [6, 6.07) is 0.807. The number of rotatable bonds is 6. The Morgan fingerprint density at radius 1 is 1.40 bits per heavy atom. The van der Waals surface area contributed by atoms with E-state index in [1.807, 2.05) is 13.8 Å². The Balaban J connectivity index is 1.96. The first kappa shape index (κ1) is 14.8. The molecule has 0 aromatic carbocycles. The molecule has 20 heavy (non-hydrogen) atoms. The molecule has 2 heterocycles. The predicted octanol–water partition coefficient (Wildman–Crippen LogP) is 1.14. The number of hydrogen-bond donors (Lipinski definition) is 2. The average Bonchev–Trinajstić information content (AvgIpc) is 2.82. The summed E-state index contributed by atoms with van der Waals surface area (Å²) >= 11 is 0. The van der Waals surface area contributed by atoms with Gasteiger partial charge in [0, 0.05) is 12.6 Å². The van der Waals surface area contributed by atoms with Crippen LogP contribution in [0, 0.1) is 0 Å². The number of nitrogens with one attached hydrogen (secondary N) is 1. The lowest BCUT2D eigenvalue weighted by molar-refractivity contribution is 0.222. The van der Waals surface area contributed by atoms with E-state index in [1.54, 1.807) is 0 Å². The molecule has 1 aliphatic rings. The van der Waals surface area contributed by atoms with Crippen LogP contribution in [-0.2, 0) is 0 Å². The number of likely N-dealkylation sites (N-methyl/N-ethyl adjacent to an activating group) is 1. The largest absolute Gasteiger partial charge is 0.461 e. The molecular weight excluding hydrogens is 256 g/mol. The van der Waals surface area contributed by atoms with E-state index in [0.29, 0.717) is 12.0 Å². The van der Waals surface area contributed by atoms with Gasteiger partial charge in [0.1, 0.15) is 0 Å². The van der Waals surface area contributed by atoms with Crippen molar-refractivity contribution in [3.05, 3.63) is 0 Å². The SMILES string of the molecule is CCN1CCCC1CNc1nc(N)nc(OC(C)C)n1. The van der Waals surface area contributed by atoms with Gasteiger partial charge in [0.2, 0.25) is 11.9 Å². The van der Waals surface area contributed by atoms with Crippen LogP contribution in [0.1, 0.15) is 33.6 Å². The van der Waals surface area contributed by atoms with E-state index in [1.165, 1.54) is 19.4 Å². The standard InChI is InChI=1S/C13H24N6O/c1-4-19-7-5-6-10(19)8-15-12-16-11(14)17-13(18-12)20-9(2)3/h9-10H,4-8H2,1-3H3,(H3,14,15,16,17,18). The summed E-state index contributed by atoms with van der Waals surface area (Å²) in [6.07, 6.45) is 2.47. The Kier molecular flexibility index (Phi) is 4.94. The summed E-state index contributed by atoms with van der Waals surface area (Å²) in [4.78, 5) is 14.8. The van der Waals surface area contributed by atoms with Crippen molar-refractivity contribution in [1.29, 1.82) is 0 Å². The molecule has 0 aliphatic carbocycles. The molecule has 0 saturated carbocycles. The van der Waals surface area contributed by atoms with Crippen LogP contribution >= 0.6 is 0 Å². The highest BCUT2D eigenvalue weighted by Gasteiger charge is 2.22. The van der Waals surface area contributed by atoms with E-state index in [-0.39, 0.29) is 18.1 Å². The van der Waals surface area contributed by atoms with E-state index >= 15 is 0 Å². The molecule has 1 saturated heterocycles. The molecule has 0 spiro atoms. The number of anilines is 2. The van der Waals surface area contributed by atoms with Crippen molar-refractivity contribution in [2.24, 2.45) is 0 Å². The summed E-state index contributed by atoms with van der Waals surface area (Å²) in [5, 5.41) is 3.24. The minimum atomic E-state index is 0.00932. The van der Waals surface area contributed by atoms with Gasteiger partial charge < -0.3 is 15.8 Å². The van der Waals surface area contributed by atoms with Crippen LogP contribution in [0.2, 0.25) is 0 Å². The van der Waals surface area contributed by atoms with Crippen molar-refractivity contribution in [2.45, 2.75) is 45.8 Å². The van der Waals surface area contributed by atoms with Crippen LogP contribution in [0.15, 0.2) is 0 Å². The van der Waals surface area contributed by atoms with Gasteiger partial charge in [-0.15, -0.1) is 0 Å². The molecule has 1 aromatic rings. The van der Waals surface area contributed by atoms with Gasteiger partial charge in [-0.05, 0) is 39.8 Å².